The van der Waals surface area contributed by atoms with Gasteiger partial charge in [-0.05, 0) is 35.2 Å². The van der Waals surface area contributed by atoms with Crippen LogP contribution in [-0.4, -0.2) is 30.8 Å². The molecular formula is C24H25N5O2S. The third kappa shape index (κ3) is 4.18. The highest BCUT2D eigenvalue weighted by Crippen LogP contribution is 2.24. The molecule has 8 heteroatoms. The summed E-state index contributed by atoms with van der Waals surface area (Å²) in [6, 6.07) is 15.2. The van der Waals surface area contributed by atoms with Gasteiger partial charge in [-0.15, -0.1) is 16.8 Å². The zero-order chi connectivity index (χ0) is 22.9. The van der Waals surface area contributed by atoms with E-state index in [0.29, 0.717) is 28.4 Å². The molecule has 0 aliphatic rings. The molecule has 0 radical (unpaired) electrons. The molecule has 0 saturated carbocycles. The number of hydrogen-bond donors (Lipinski definition) is 1. The van der Waals surface area contributed by atoms with Crippen LogP contribution in [0.3, 0.4) is 0 Å². The van der Waals surface area contributed by atoms with Gasteiger partial charge in [-0.25, -0.2) is 0 Å². The number of benzene rings is 2. The Kier molecular flexibility index (Phi) is 5.88. The second-order valence-corrected chi connectivity index (χ2v) is 9.45. The quantitative estimate of drug-likeness (QED) is 0.353. The van der Waals surface area contributed by atoms with Gasteiger partial charge in [-0.1, -0.05) is 62.9 Å². The maximum absolute atomic E-state index is 12.9. The van der Waals surface area contributed by atoms with Crippen LogP contribution in [0, 0.1) is 0 Å². The van der Waals surface area contributed by atoms with Gasteiger partial charge in [-0.2, -0.15) is 0 Å². The molecule has 0 bridgehead atoms. The molecule has 2 aromatic carbocycles. The third-order valence-electron chi connectivity index (χ3n) is 5.16. The molecule has 7 nitrogen and oxygen atoms in total. The Bertz CT molecular complexity index is 1360. The van der Waals surface area contributed by atoms with E-state index in [4.69, 9.17) is 0 Å². The number of rotatable bonds is 6. The Morgan fingerprint density at radius 1 is 1.12 bits per heavy atom. The zero-order valence-corrected chi connectivity index (χ0v) is 19.1. The normalized spacial score (nSPS) is 11.7. The van der Waals surface area contributed by atoms with Crippen molar-refractivity contribution in [2.45, 2.75) is 37.9 Å². The predicted molar refractivity (Wildman–Crippen MR) is 129 cm³/mol. The first-order valence-electron chi connectivity index (χ1n) is 10.3. The van der Waals surface area contributed by atoms with Crippen LogP contribution < -0.4 is 10.9 Å². The Labute approximate surface area is 190 Å². The molecule has 32 heavy (non-hydrogen) atoms. The number of carbonyl (C=O) groups is 1. The van der Waals surface area contributed by atoms with Crippen molar-refractivity contribution in [3.05, 3.63) is 77.1 Å². The summed E-state index contributed by atoms with van der Waals surface area (Å²) in [6.45, 7) is 10.5. The second-order valence-electron chi connectivity index (χ2n) is 8.50. The fraction of sp³-hybridized carbons (Fsp3) is 0.250. The van der Waals surface area contributed by atoms with Crippen LogP contribution in [0.15, 0.2) is 71.1 Å². The van der Waals surface area contributed by atoms with Crippen molar-refractivity contribution in [2.75, 3.05) is 11.1 Å². The van der Waals surface area contributed by atoms with Gasteiger partial charge >= 0.3 is 0 Å². The highest BCUT2D eigenvalue weighted by Gasteiger charge is 2.17. The topological polar surface area (TPSA) is 81.3 Å². The summed E-state index contributed by atoms with van der Waals surface area (Å²) in [5, 5.41) is 12.5. The van der Waals surface area contributed by atoms with Crippen LogP contribution in [0.5, 0.6) is 0 Å². The van der Waals surface area contributed by atoms with E-state index in [-0.39, 0.29) is 22.6 Å². The average molecular weight is 448 g/mol. The maximum Gasteiger partial charge on any atom is 0.263 e. The van der Waals surface area contributed by atoms with E-state index in [1.165, 1.54) is 21.9 Å². The fourth-order valence-electron chi connectivity index (χ4n) is 3.50. The lowest BCUT2D eigenvalue weighted by Gasteiger charge is -2.19. The highest BCUT2D eigenvalue weighted by molar-refractivity contribution is 7.99. The van der Waals surface area contributed by atoms with E-state index in [9.17, 15) is 9.59 Å². The minimum Gasteiger partial charge on any atom is -0.325 e. The van der Waals surface area contributed by atoms with Crippen molar-refractivity contribution in [3.63, 3.8) is 0 Å². The predicted octanol–water partition coefficient (Wildman–Crippen LogP) is 4.26. The molecule has 1 N–H and O–H groups in total. The van der Waals surface area contributed by atoms with Crippen molar-refractivity contribution in [1.82, 2.24) is 19.2 Å². The standard InChI is InChI=1S/C24H25N5O2S/c1-5-14-28-21(31)18-8-6-7-9-19(18)29-22(28)26-27-23(29)32-15-20(30)25-17-12-10-16(11-13-17)24(2,3)4/h5-13H,1,14-15H2,2-4H3,(H,25,30). The number of fused-ring (bicyclic) bond motifs is 3. The molecule has 0 fully saturated rings. The molecule has 1 amide bonds. The average Bonchev–Trinajstić information content (AvgIpc) is 3.19. The molecule has 4 rings (SSSR count). The lowest BCUT2D eigenvalue weighted by Crippen LogP contribution is -2.22. The maximum atomic E-state index is 12.9. The molecular weight excluding hydrogens is 422 g/mol. The summed E-state index contributed by atoms with van der Waals surface area (Å²) < 4.78 is 3.35. The van der Waals surface area contributed by atoms with E-state index >= 15 is 0 Å². The number of anilines is 1. The summed E-state index contributed by atoms with van der Waals surface area (Å²) >= 11 is 1.27. The van der Waals surface area contributed by atoms with E-state index in [2.05, 4.69) is 42.9 Å². The molecule has 0 spiro atoms. The van der Waals surface area contributed by atoms with Crippen molar-refractivity contribution in [3.8, 4) is 0 Å². The number of amides is 1. The monoisotopic (exact) mass is 447 g/mol. The number of hydrogen-bond acceptors (Lipinski definition) is 5. The molecule has 2 heterocycles. The van der Waals surface area contributed by atoms with Crippen molar-refractivity contribution >= 4 is 40.0 Å². The molecule has 0 atom stereocenters. The van der Waals surface area contributed by atoms with Gasteiger partial charge in [0.15, 0.2) is 5.16 Å². The molecule has 0 aliphatic heterocycles. The highest BCUT2D eigenvalue weighted by atomic mass is 32.2. The molecule has 2 aromatic heterocycles. The zero-order valence-electron chi connectivity index (χ0n) is 18.3. The van der Waals surface area contributed by atoms with Crippen molar-refractivity contribution in [2.24, 2.45) is 0 Å². The van der Waals surface area contributed by atoms with Crippen LogP contribution in [0.2, 0.25) is 0 Å². The first-order chi connectivity index (χ1) is 15.3. The SMILES string of the molecule is C=CCn1c(=O)c2ccccc2n2c(SCC(=O)Nc3ccc(C(C)(C)C)cc3)nnc12. The Morgan fingerprint density at radius 3 is 2.53 bits per heavy atom. The molecule has 0 aliphatic carbocycles. The first kappa shape index (κ1) is 21.8. The van der Waals surface area contributed by atoms with Crippen LogP contribution in [0.25, 0.3) is 16.7 Å². The van der Waals surface area contributed by atoms with Gasteiger partial charge in [0.1, 0.15) is 0 Å². The van der Waals surface area contributed by atoms with Crippen LogP contribution in [0.1, 0.15) is 26.3 Å². The number of allylic oxidation sites excluding steroid dienone is 1. The summed E-state index contributed by atoms with van der Waals surface area (Å²) in [5.41, 5.74) is 2.58. The smallest absolute Gasteiger partial charge is 0.263 e. The summed E-state index contributed by atoms with van der Waals surface area (Å²) in [6.07, 6.45) is 1.65. The number of para-hydroxylation sites is 1. The molecule has 4 aromatic rings. The van der Waals surface area contributed by atoms with Gasteiger partial charge in [-0.3, -0.25) is 18.6 Å². The summed E-state index contributed by atoms with van der Waals surface area (Å²) in [7, 11) is 0. The minimum atomic E-state index is -0.145. The number of carbonyl (C=O) groups excluding carboxylic acids is 1. The second kappa shape index (κ2) is 8.63. The molecule has 0 unspecified atom stereocenters. The Morgan fingerprint density at radius 2 is 1.84 bits per heavy atom. The minimum absolute atomic E-state index is 0.0579. The van der Waals surface area contributed by atoms with Gasteiger partial charge < -0.3 is 5.32 Å². The lowest BCUT2D eigenvalue weighted by atomic mass is 9.87. The van der Waals surface area contributed by atoms with E-state index in [0.717, 1.165) is 5.69 Å². The van der Waals surface area contributed by atoms with E-state index in [1.807, 2.05) is 46.9 Å². The first-order valence-corrected chi connectivity index (χ1v) is 11.3. The number of nitrogens with zero attached hydrogens (tertiary/aromatic N) is 4. The van der Waals surface area contributed by atoms with Crippen LogP contribution in [-0.2, 0) is 16.8 Å². The molecule has 164 valence electrons. The Hall–Kier alpha value is -3.39. The third-order valence-corrected chi connectivity index (χ3v) is 6.09. The van der Waals surface area contributed by atoms with Crippen LogP contribution >= 0.6 is 11.8 Å². The van der Waals surface area contributed by atoms with Gasteiger partial charge in [0.25, 0.3) is 5.56 Å². The summed E-state index contributed by atoms with van der Waals surface area (Å²) in [4.78, 5) is 25.4. The number of aromatic nitrogens is 4. The Balaban J connectivity index is 1.58. The van der Waals surface area contributed by atoms with Gasteiger partial charge in [0.2, 0.25) is 11.7 Å². The molecule has 0 saturated heterocycles. The van der Waals surface area contributed by atoms with E-state index < -0.39 is 0 Å². The number of thioether (sulfide) groups is 1. The van der Waals surface area contributed by atoms with Crippen molar-refractivity contribution < 1.29 is 4.79 Å². The largest absolute Gasteiger partial charge is 0.325 e. The summed E-state index contributed by atoms with van der Waals surface area (Å²) in [5.74, 6) is 0.449. The van der Waals surface area contributed by atoms with Gasteiger partial charge in [0.05, 0.1) is 16.7 Å². The fourth-order valence-corrected chi connectivity index (χ4v) is 4.24. The van der Waals surface area contributed by atoms with Crippen molar-refractivity contribution in [1.29, 1.82) is 0 Å². The number of nitrogens with one attached hydrogen (secondary N) is 1. The van der Waals surface area contributed by atoms with Gasteiger partial charge in [0, 0.05) is 12.2 Å². The van der Waals surface area contributed by atoms with Crippen LogP contribution in [0.4, 0.5) is 5.69 Å². The lowest BCUT2D eigenvalue weighted by molar-refractivity contribution is -0.113. The van der Waals surface area contributed by atoms with E-state index in [1.54, 1.807) is 12.1 Å².